The van der Waals surface area contributed by atoms with Gasteiger partial charge in [-0.15, -0.1) is 0 Å². The maximum atomic E-state index is 10.2. The third-order valence-electron chi connectivity index (χ3n) is 3.86. The molecule has 0 fully saturated rings. The van der Waals surface area contributed by atoms with Crippen molar-refractivity contribution in [1.82, 2.24) is 0 Å². The van der Waals surface area contributed by atoms with Crippen molar-refractivity contribution in [3.05, 3.63) is 71.8 Å². The SMILES string of the molecule is NC(Cc1ccccc1)C(O)[C@H](O)C(N)Cc1ccccc1. The smallest absolute Gasteiger partial charge is 0.0968 e. The highest BCUT2D eigenvalue weighted by molar-refractivity contribution is 5.18. The predicted octanol–water partition coefficient (Wildman–Crippen LogP) is 0.848. The van der Waals surface area contributed by atoms with Crippen molar-refractivity contribution < 1.29 is 10.2 Å². The predicted molar refractivity (Wildman–Crippen MR) is 88.3 cm³/mol. The van der Waals surface area contributed by atoms with E-state index in [1.54, 1.807) is 0 Å². The number of hydrogen-bond acceptors (Lipinski definition) is 4. The minimum atomic E-state index is -1.06. The monoisotopic (exact) mass is 300 g/mol. The molecule has 0 aliphatic carbocycles. The summed E-state index contributed by atoms with van der Waals surface area (Å²) in [6.45, 7) is 0. The number of nitrogens with two attached hydrogens (primary N) is 2. The van der Waals surface area contributed by atoms with Gasteiger partial charge in [0, 0.05) is 12.1 Å². The van der Waals surface area contributed by atoms with Gasteiger partial charge in [-0.3, -0.25) is 0 Å². The lowest BCUT2D eigenvalue weighted by Gasteiger charge is -2.28. The standard InChI is InChI=1S/C18H24N2O2/c19-15(11-13-7-3-1-4-8-13)17(21)18(22)16(20)12-14-9-5-2-6-10-14/h1-10,15-18,21-22H,11-12,19-20H2/t15?,16?,17-,18?/m1/s1. The second-order valence-electron chi connectivity index (χ2n) is 5.69. The summed E-state index contributed by atoms with van der Waals surface area (Å²) in [5.41, 5.74) is 14.1. The van der Waals surface area contributed by atoms with Gasteiger partial charge in [-0.25, -0.2) is 0 Å². The number of aliphatic hydroxyl groups excluding tert-OH is 2. The molecule has 4 heteroatoms. The van der Waals surface area contributed by atoms with E-state index in [1.807, 2.05) is 60.7 Å². The molecule has 6 N–H and O–H groups in total. The van der Waals surface area contributed by atoms with Crippen molar-refractivity contribution in [3.63, 3.8) is 0 Å². The molecule has 2 aromatic carbocycles. The van der Waals surface area contributed by atoms with Crippen LogP contribution in [-0.4, -0.2) is 34.5 Å². The Hall–Kier alpha value is -1.72. The molecule has 3 unspecified atom stereocenters. The Kier molecular flexibility index (Phi) is 6.10. The van der Waals surface area contributed by atoms with Gasteiger partial charge in [-0.05, 0) is 24.0 Å². The first-order valence-electron chi connectivity index (χ1n) is 7.53. The first kappa shape index (κ1) is 16.6. The minimum absolute atomic E-state index is 0.497. The molecule has 0 amide bonds. The van der Waals surface area contributed by atoms with E-state index in [-0.39, 0.29) is 0 Å². The summed E-state index contributed by atoms with van der Waals surface area (Å²) in [5.74, 6) is 0. The van der Waals surface area contributed by atoms with Crippen LogP contribution in [0, 0.1) is 0 Å². The summed E-state index contributed by atoms with van der Waals surface area (Å²) in [5, 5.41) is 20.5. The largest absolute Gasteiger partial charge is 0.389 e. The normalized spacial score (nSPS) is 16.7. The van der Waals surface area contributed by atoms with Crippen LogP contribution < -0.4 is 11.5 Å². The fourth-order valence-electron chi connectivity index (χ4n) is 2.52. The maximum Gasteiger partial charge on any atom is 0.0968 e. The average Bonchev–Trinajstić information content (AvgIpc) is 2.55. The molecule has 0 saturated carbocycles. The number of benzene rings is 2. The van der Waals surface area contributed by atoms with E-state index in [0.717, 1.165) is 11.1 Å². The molecule has 0 heterocycles. The molecule has 0 saturated heterocycles. The van der Waals surface area contributed by atoms with E-state index in [2.05, 4.69) is 0 Å². The first-order valence-corrected chi connectivity index (χ1v) is 7.53. The van der Waals surface area contributed by atoms with Crippen molar-refractivity contribution in [2.45, 2.75) is 37.1 Å². The lowest BCUT2D eigenvalue weighted by atomic mass is 9.92. The third kappa shape index (κ3) is 4.64. The van der Waals surface area contributed by atoms with Crippen molar-refractivity contribution in [1.29, 1.82) is 0 Å². The molecule has 22 heavy (non-hydrogen) atoms. The molecule has 0 aromatic heterocycles. The third-order valence-corrected chi connectivity index (χ3v) is 3.86. The zero-order chi connectivity index (χ0) is 15.9. The van der Waals surface area contributed by atoms with Gasteiger partial charge in [0.25, 0.3) is 0 Å². The molecular weight excluding hydrogens is 276 g/mol. The van der Waals surface area contributed by atoms with E-state index in [1.165, 1.54) is 0 Å². The van der Waals surface area contributed by atoms with Gasteiger partial charge in [0.2, 0.25) is 0 Å². The summed E-state index contributed by atoms with van der Waals surface area (Å²) in [7, 11) is 0. The van der Waals surface area contributed by atoms with Crippen LogP contribution in [0.4, 0.5) is 0 Å². The fraction of sp³-hybridized carbons (Fsp3) is 0.333. The molecule has 0 bridgehead atoms. The van der Waals surface area contributed by atoms with Gasteiger partial charge >= 0.3 is 0 Å². The van der Waals surface area contributed by atoms with E-state index in [9.17, 15) is 10.2 Å². The van der Waals surface area contributed by atoms with Gasteiger partial charge < -0.3 is 21.7 Å². The summed E-state index contributed by atoms with van der Waals surface area (Å²) in [4.78, 5) is 0. The molecule has 2 rings (SSSR count). The van der Waals surface area contributed by atoms with Crippen molar-refractivity contribution in [3.8, 4) is 0 Å². The van der Waals surface area contributed by atoms with Crippen LogP contribution in [0.2, 0.25) is 0 Å². The maximum absolute atomic E-state index is 10.2. The van der Waals surface area contributed by atoms with E-state index < -0.39 is 24.3 Å². The van der Waals surface area contributed by atoms with E-state index >= 15 is 0 Å². The van der Waals surface area contributed by atoms with E-state index in [0.29, 0.717) is 12.8 Å². The highest BCUT2D eigenvalue weighted by Gasteiger charge is 2.28. The molecule has 4 atom stereocenters. The molecule has 0 radical (unpaired) electrons. The highest BCUT2D eigenvalue weighted by Crippen LogP contribution is 2.11. The molecule has 2 aromatic rings. The Morgan fingerprint density at radius 1 is 0.636 bits per heavy atom. The first-order chi connectivity index (χ1) is 10.6. The van der Waals surface area contributed by atoms with Crippen molar-refractivity contribution in [2.24, 2.45) is 11.5 Å². The zero-order valence-electron chi connectivity index (χ0n) is 12.5. The highest BCUT2D eigenvalue weighted by atomic mass is 16.3. The van der Waals surface area contributed by atoms with Gasteiger partial charge in [-0.1, -0.05) is 60.7 Å². The second-order valence-corrected chi connectivity index (χ2v) is 5.69. The topological polar surface area (TPSA) is 92.5 Å². The van der Waals surface area contributed by atoms with Crippen LogP contribution >= 0.6 is 0 Å². The van der Waals surface area contributed by atoms with Gasteiger partial charge in [-0.2, -0.15) is 0 Å². The Morgan fingerprint density at radius 3 is 1.27 bits per heavy atom. The zero-order valence-corrected chi connectivity index (χ0v) is 12.5. The van der Waals surface area contributed by atoms with Crippen molar-refractivity contribution in [2.75, 3.05) is 0 Å². The van der Waals surface area contributed by atoms with Crippen molar-refractivity contribution >= 4 is 0 Å². The second kappa shape index (κ2) is 8.06. The molecule has 0 spiro atoms. The van der Waals surface area contributed by atoms with Crippen LogP contribution in [0.15, 0.2) is 60.7 Å². The molecule has 4 nitrogen and oxygen atoms in total. The molecule has 0 aliphatic rings. The quantitative estimate of drug-likeness (QED) is 0.610. The summed E-state index contributed by atoms with van der Waals surface area (Å²) in [6.07, 6.45) is -1.12. The van der Waals surface area contributed by atoms with Crippen LogP contribution in [0.25, 0.3) is 0 Å². The number of rotatable bonds is 7. The summed E-state index contributed by atoms with van der Waals surface area (Å²) in [6, 6.07) is 18.2. The Bertz CT molecular complexity index is 496. The molecule has 118 valence electrons. The van der Waals surface area contributed by atoms with Crippen LogP contribution in [0.1, 0.15) is 11.1 Å². The van der Waals surface area contributed by atoms with Gasteiger partial charge in [0.05, 0.1) is 12.2 Å². The minimum Gasteiger partial charge on any atom is -0.389 e. The van der Waals surface area contributed by atoms with Crippen LogP contribution in [0.5, 0.6) is 0 Å². The summed E-state index contributed by atoms with van der Waals surface area (Å²) < 4.78 is 0. The Morgan fingerprint density at radius 2 is 0.955 bits per heavy atom. The lowest BCUT2D eigenvalue weighted by molar-refractivity contribution is -0.00975. The van der Waals surface area contributed by atoms with Gasteiger partial charge in [0.1, 0.15) is 0 Å². The van der Waals surface area contributed by atoms with Crippen LogP contribution in [-0.2, 0) is 12.8 Å². The summed E-state index contributed by atoms with van der Waals surface area (Å²) >= 11 is 0. The van der Waals surface area contributed by atoms with Gasteiger partial charge in [0.15, 0.2) is 0 Å². The fourth-order valence-corrected chi connectivity index (χ4v) is 2.52. The average molecular weight is 300 g/mol. The van der Waals surface area contributed by atoms with Crippen LogP contribution in [0.3, 0.4) is 0 Å². The molecule has 0 aliphatic heterocycles. The number of aliphatic hydroxyl groups is 2. The Labute approximate surface area is 131 Å². The number of hydrogen-bond donors (Lipinski definition) is 4. The van der Waals surface area contributed by atoms with E-state index in [4.69, 9.17) is 11.5 Å². The Balaban J connectivity index is 1.91. The lowest BCUT2D eigenvalue weighted by Crippen LogP contribution is -2.52. The molecular formula is C18H24N2O2.